The zero-order valence-electron chi connectivity index (χ0n) is 13.1. The molecule has 0 N–H and O–H groups in total. The zero-order chi connectivity index (χ0) is 16.1. The van der Waals surface area contributed by atoms with E-state index in [1.165, 1.54) is 23.3 Å². The summed E-state index contributed by atoms with van der Waals surface area (Å²) in [7, 11) is 1.68. The third-order valence-electron chi connectivity index (χ3n) is 3.61. The van der Waals surface area contributed by atoms with Crippen LogP contribution < -0.4 is 4.90 Å². The van der Waals surface area contributed by atoms with E-state index < -0.39 is 0 Å². The van der Waals surface area contributed by atoms with E-state index in [0.717, 1.165) is 17.8 Å². The third-order valence-corrected chi connectivity index (χ3v) is 3.61. The van der Waals surface area contributed by atoms with Crippen LogP contribution in [0.2, 0.25) is 0 Å². The van der Waals surface area contributed by atoms with Crippen molar-refractivity contribution in [2.45, 2.75) is 20.3 Å². The van der Waals surface area contributed by atoms with Gasteiger partial charge in [-0.25, -0.2) is 0 Å². The second-order valence-corrected chi connectivity index (χ2v) is 5.03. The molecule has 0 unspecified atom stereocenters. The number of benzene rings is 1. The molecule has 0 radical (unpaired) electrons. The van der Waals surface area contributed by atoms with Gasteiger partial charge < -0.3 is 9.64 Å². The number of ether oxygens (including phenoxy) is 1. The van der Waals surface area contributed by atoms with Crippen molar-refractivity contribution in [2.24, 2.45) is 0 Å². The van der Waals surface area contributed by atoms with Gasteiger partial charge in [-0.3, -0.25) is 10.1 Å². The average Bonchev–Trinajstić information content (AvgIpc) is 2.54. The second-order valence-electron chi connectivity index (χ2n) is 5.03. The predicted octanol–water partition coefficient (Wildman–Crippen LogP) is 4.19. The lowest BCUT2D eigenvalue weighted by atomic mass is 9.97. The highest BCUT2D eigenvalue weighted by atomic mass is 16.6. The Morgan fingerprint density at radius 2 is 1.95 bits per heavy atom. The molecular weight excluding hydrogens is 280 g/mol. The van der Waals surface area contributed by atoms with E-state index in [1.807, 2.05) is 20.0 Å². The quantitative estimate of drug-likeness (QED) is 0.618. The van der Waals surface area contributed by atoms with Crippen LogP contribution in [0, 0.1) is 10.1 Å². The van der Waals surface area contributed by atoms with Gasteiger partial charge in [-0.1, -0.05) is 12.2 Å². The maximum atomic E-state index is 10.8. The summed E-state index contributed by atoms with van der Waals surface area (Å²) in [6.45, 7) is 4.58. The van der Waals surface area contributed by atoms with Crippen LogP contribution in [-0.2, 0) is 4.74 Å². The number of nitrogens with zero attached hydrogens (tertiary/aromatic N) is 2. The lowest BCUT2D eigenvalue weighted by Gasteiger charge is -2.31. The van der Waals surface area contributed by atoms with E-state index in [4.69, 9.17) is 4.74 Å². The molecule has 0 fully saturated rings. The highest BCUT2D eigenvalue weighted by Gasteiger charge is 2.21. The minimum absolute atomic E-state index is 0.0927. The van der Waals surface area contributed by atoms with E-state index in [1.54, 1.807) is 19.2 Å². The molecule has 0 amide bonds. The molecule has 1 aliphatic heterocycles. The Labute approximate surface area is 130 Å². The summed E-state index contributed by atoms with van der Waals surface area (Å²) in [4.78, 5) is 12.5. The molecule has 1 aliphatic rings. The zero-order valence-corrected chi connectivity index (χ0v) is 13.1. The molecule has 1 heterocycles. The molecule has 0 aliphatic carbocycles. The van der Waals surface area contributed by atoms with Crippen molar-refractivity contribution in [3.8, 4) is 0 Å². The Balaban J connectivity index is 2.43. The van der Waals surface area contributed by atoms with Crippen molar-refractivity contribution in [3.05, 3.63) is 69.6 Å². The number of nitro benzene ring substituents is 1. The van der Waals surface area contributed by atoms with E-state index in [-0.39, 0.29) is 10.6 Å². The van der Waals surface area contributed by atoms with Crippen LogP contribution >= 0.6 is 0 Å². The minimum Gasteiger partial charge on any atom is -0.380 e. The normalized spacial score (nSPS) is 18.7. The number of hydrogen-bond donors (Lipinski definition) is 0. The highest BCUT2D eigenvalue weighted by Crippen LogP contribution is 2.34. The van der Waals surface area contributed by atoms with Gasteiger partial charge in [-0.15, -0.1) is 0 Å². The van der Waals surface area contributed by atoms with Crippen LogP contribution in [0.25, 0.3) is 0 Å². The number of nitro groups is 1. The lowest BCUT2D eigenvalue weighted by molar-refractivity contribution is -0.384. The number of anilines is 1. The molecule has 5 nitrogen and oxygen atoms in total. The fourth-order valence-corrected chi connectivity index (χ4v) is 2.58. The SMILES string of the molecule is C/C=C1/CC(COC)=CN(c2ccc([N+](=O)[O-])cc2)/C1=C/C. The van der Waals surface area contributed by atoms with Gasteiger partial charge in [0.15, 0.2) is 0 Å². The molecule has 0 saturated heterocycles. The number of non-ortho nitro benzene ring substituents is 1. The largest absolute Gasteiger partial charge is 0.380 e. The van der Waals surface area contributed by atoms with Crippen molar-refractivity contribution in [2.75, 3.05) is 18.6 Å². The van der Waals surface area contributed by atoms with Crippen LogP contribution in [-0.4, -0.2) is 18.6 Å². The fourth-order valence-electron chi connectivity index (χ4n) is 2.58. The number of hydrogen-bond acceptors (Lipinski definition) is 4. The predicted molar refractivity (Wildman–Crippen MR) is 87.7 cm³/mol. The van der Waals surface area contributed by atoms with E-state index in [9.17, 15) is 10.1 Å². The first-order chi connectivity index (χ1) is 10.6. The maximum absolute atomic E-state index is 10.8. The summed E-state index contributed by atoms with van der Waals surface area (Å²) in [6, 6.07) is 6.58. The average molecular weight is 300 g/mol. The van der Waals surface area contributed by atoms with Crippen molar-refractivity contribution in [1.82, 2.24) is 0 Å². The van der Waals surface area contributed by atoms with Crippen LogP contribution in [0.4, 0.5) is 11.4 Å². The molecule has 116 valence electrons. The molecule has 2 rings (SSSR count). The van der Waals surface area contributed by atoms with E-state index in [2.05, 4.69) is 17.1 Å². The Hall–Kier alpha value is -2.40. The number of rotatable bonds is 4. The van der Waals surface area contributed by atoms with Crippen LogP contribution in [0.15, 0.2) is 59.5 Å². The molecule has 1 aromatic carbocycles. The Morgan fingerprint density at radius 3 is 2.45 bits per heavy atom. The van der Waals surface area contributed by atoms with Gasteiger partial charge in [0.25, 0.3) is 5.69 Å². The van der Waals surface area contributed by atoms with Crippen LogP contribution in [0.3, 0.4) is 0 Å². The smallest absolute Gasteiger partial charge is 0.269 e. The molecule has 5 heteroatoms. The van der Waals surface area contributed by atoms with Crippen molar-refractivity contribution < 1.29 is 9.66 Å². The van der Waals surface area contributed by atoms with Crippen molar-refractivity contribution >= 4 is 11.4 Å². The topological polar surface area (TPSA) is 55.6 Å². The highest BCUT2D eigenvalue weighted by molar-refractivity contribution is 5.64. The Bertz CT molecular complexity index is 642. The number of allylic oxidation sites excluding steroid dienone is 3. The van der Waals surface area contributed by atoms with Gasteiger partial charge in [-0.2, -0.15) is 0 Å². The van der Waals surface area contributed by atoms with Gasteiger partial charge in [0.1, 0.15) is 0 Å². The Morgan fingerprint density at radius 1 is 1.27 bits per heavy atom. The first kappa shape index (κ1) is 16.0. The molecule has 0 bridgehead atoms. The molecule has 0 saturated carbocycles. The fraction of sp³-hybridized carbons (Fsp3) is 0.294. The van der Waals surface area contributed by atoms with Crippen molar-refractivity contribution in [1.29, 1.82) is 0 Å². The molecule has 1 aromatic rings. The van der Waals surface area contributed by atoms with Gasteiger partial charge in [0.05, 0.1) is 11.5 Å². The van der Waals surface area contributed by atoms with Gasteiger partial charge in [0, 0.05) is 36.8 Å². The minimum atomic E-state index is -0.389. The molecule has 0 spiro atoms. The van der Waals surface area contributed by atoms with Gasteiger partial charge in [0.2, 0.25) is 0 Å². The lowest BCUT2D eigenvalue weighted by Crippen LogP contribution is -2.23. The van der Waals surface area contributed by atoms with E-state index in [0.29, 0.717) is 6.61 Å². The summed E-state index contributed by atoms with van der Waals surface area (Å²) in [5.41, 5.74) is 4.47. The monoisotopic (exact) mass is 300 g/mol. The van der Waals surface area contributed by atoms with Crippen molar-refractivity contribution in [3.63, 3.8) is 0 Å². The molecular formula is C17H20N2O3. The second kappa shape index (κ2) is 7.04. The molecule has 22 heavy (non-hydrogen) atoms. The summed E-state index contributed by atoms with van der Waals surface area (Å²) >= 11 is 0. The first-order valence-corrected chi connectivity index (χ1v) is 7.14. The van der Waals surface area contributed by atoms with Gasteiger partial charge >= 0.3 is 0 Å². The Kier molecular flexibility index (Phi) is 5.12. The van der Waals surface area contributed by atoms with Crippen LogP contribution in [0.5, 0.6) is 0 Å². The maximum Gasteiger partial charge on any atom is 0.269 e. The summed E-state index contributed by atoms with van der Waals surface area (Å²) in [6.07, 6.45) is 7.05. The summed E-state index contributed by atoms with van der Waals surface area (Å²) < 4.78 is 5.25. The van der Waals surface area contributed by atoms with Gasteiger partial charge in [-0.05, 0) is 43.5 Å². The molecule has 0 aromatic heterocycles. The first-order valence-electron chi connectivity index (χ1n) is 7.14. The summed E-state index contributed by atoms with van der Waals surface area (Å²) in [5.74, 6) is 0. The van der Waals surface area contributed by atoms with Crippen LogP contribution in [0.1, 0.15) is 20.3 Å². The third kappa shape index (κ3) is 3.26. The van der Waals surface area contributed by atoms with E-state index >= 15 is 0 Å². The number of methoxy groups -OCH3 is 1. The standard InChI is InChI=1S/C17H20N2O3/c1-4-14-10-13(12-22-3)11-18(17(14)5-2)15-6-8-16(9-7-15)19(20)21/h4-9,11H,10,12H2,1-3H3/b14-4-,17-5+. The summed E-state index contributed by atoms with van der Waals surface area (Å²) in [5, 5.41) is 10.8. The molecule has 0 atom stereocenters.